The number of aromatic amines is 2. The van der Waals surface area contributed by atoms with E-state index >= 15 is 0 Å². The first kappa shape index (κ1) is 19.8. The van der Waals surface area contributed by atoms with E-state index in [1.165, 1.54) is 5.56 Å². The molecule has 0 bridgehead atoms. The van der Waals surface area contributed by atoms with Crippen molar-refractivity contribution in [1.82, 2.24) is 14.9 Å². The van der Waals surface area contributed by atoms with Crippen molar-refractivity contribution in [3.05, 3.63) is 70.5 Å². The molecular weight excluding hydrogens is 407 g/mol. The molecular formula is C22H22Cl2N4O. The van der Waals surface area contributed by atoms with Gasteiger partial charge in [0.05, 0.1) is 6.04 Å². The second-order valence-corrected chi connectivity index (χ2v) is 7.71. The van der Waals surface area contributed by atoms with Crippen molar-refractivity contribution in [1.29, 1.82) is 0 Å². The van der Waals surface area contributed by atoms with Crippen LogP contribution in [0.3, 0.4) is 0 Å². The van der Waals surface area contributed by atoms with Gasteiger partial charge in [-0.05, 0) is 36.2 Å². The maximum absolute atomic E-state index is 12.9. The molecule has 0 fully saturated rings. The standard InChI is InChI=1S/C22H21ClN4O.ClH/c23-13-5-6-19-16(11-13)15-8-10-27(20(28)7-9-24)22(21(15)26-19)17-12-25-18-4-2-1-3-14(17)18;/h1-6,11-12,22,25-26H,7-10,24H2;1H. The molecule has 3 heterocycles. The lowest BCUT2D eigenvalue weighted by Crippen LogP contribution is -2.41. The van der Waals surface area contributed by atoms with E-state index in [1.807, 2.05) is 41.4 Å². The van der Waals surface area contributed by atoms with Crippen LogP contribution in [0, 0.1) is 0 Å². The molecule has 1 aliphatic rings. The van der Waals surface area contributed by atoms with E-state index in [9.17, 15) is 4.79 Å². The molecule has 0 saturated heterocycles. The fraction of sp³-hybridized carbons (Fsp3) is 0.227. The van der Waals surface area contributed by atoms with Crippen LogP contribution in [0.25, 0.3) is 21.8 Å². The van der Waals surface area contributed by atoms with Crippen LogP contribution in [-0.4, -0.2) is 33.9 Å². The fourth-order valence-corrected chi connectivity index (χ4v) is 4.61. The van der Waals surface area contributed by atoms with E-state index in [1.54, 1.807) is 0 Å². The molecule has 1 unspecified atom stereocenters. The number of rotatable bonds is 3. The van der Waals surface area contributed by atoms with Crippen LogP contribution in [0.4, 0.5) is 0 Å². The van der Waals surface area contributed by atoms with Crippen molar-refractivity contribution in [3.63, 3.8) is 0 Å². The quantitative estimate of drug-likeness (QED) is 0.447. The molecule has 5 nitrogen and oxygen atoms in total. The fourth-order valence-electron chi connectivity index (χ4n) is 4.44. The number of nitrogens with two attached hydrogens (primary N) is 1. The topological polar surface area (TPSA) is 77.9 Å². The summed E-state index contributed by atoms with van der Waals surface area (Å²) in [5, 5.41) is 2.99. The van der Waals surface area contributed by atoms with Gasteiger partial charge in [0, 0.05) is 63.8 Å². The molecule has 29 heavy (non-hydrogen) atoms. The van der Waals surface area contributed by atoms with Gasteiger partial charge in [0.2, 0.25) is 5.91 Å². The van der Waals surface area contributed by atoms with Gasteiger partial charge in [-0.2, -0.15) is 0 Å². The SMILES string of the molecule is Cl.NCCC(=O)N1CCc2c([nH]c3ccc(Cl)cc23)C1c1c[nH]c2ccccc12. The second kappa shape index (κ2) is 7.75. The summed E-state index contributed by atoms with van der Waals surface area (Å²) in [6, 6.07) is 13.9. The Morgan fingerprint density at radius 1 is 1.17 bits per heavy atom. The maximum atomic E-state index is 12.9. The van der Waals surface area contributed by atoms with E-state index in [0.717, 1.165) is 44.5 Å². The first-order valence-electron chi connectivity index (χ1n) is 9.53. The Hall–Kier alpha value is -2.47. The number of hydrogen-bond donors (Lipinski definition) is 3. The van der Waals surface area contributed by atoms with E-state index in [2.05, 4.69) is 22.1 Å². The van der Waals surface area contributed by atoms with Crippen molar-refractivity contribution in [2.24, 2.45) is 5.73 Å². The van der Waals surface area contributed by atoms with Crippen LogP contribution in [0.5, 0.6) is 0 Å². The third kappa shape index (κ3) is 3.19. The summed E-state index contributed by atoms with van der Waals surface area (Å²) >= 11 is 6.26. The summed E-state index contributed by atoms with van der Waals surface area (Å²) in [6.07, 6.45) is 3.16. The predicted octanol–water partition coefficient (Wildman–Crippen LogP) is 4.55. The zero-order valence-corrected chi connectivity index (χ0v) is 17.3. The molecule has 7 heteroatoms. The molecule has 1 amide bonds. The van der Waals surface area contributed by atoms with E-state index < -0.39 is 0 Å². The number of fused-ring (bicyclic) bond motifs is 4. The third-order valence-corrected chi connectivity index (χ3v) is 5.92. The van der Waals surface area contributed by atoms with Gasteiger partial charge in [0.15, 0.2) is 0 Å². The zero-order chi connectivity index (χ0) is 19.3. The molecule has 2 aromatic heterocycles. The van der Waals surface area contributed by atoms with Crippen LogP contribution < -0.4 is 5.73 Å². The number of nitrogens with one attached hydrogen (secondary N) is 2. The highest BCUT2D eigenvalue weighted by atomic mass is 35.5. The Kier molecular flexibility index (Phi) is 5.30. The second-order valence-electron chi connectivity index (χ2n) is 7.28. The van der Waals surface area contributed by atoms with Crippen molar-refractivity contribution in [2.75, 3.05) is 13.1 Å². The summed E-state index contributed by atoms with van der Waals surface area (Å²) in [5.41, 5.74) is 11.2. The van der Waals surface area contributed by atoms with Crippen LogP contribution in [0.15, 0.2) is 48.7 Å². The highest BCUT2D eigenvalue weighted by molar-refractivity contribution is 6.31. The van der Waals surface area contributed by atoms with Gasteiger partial charge in [0.25, 0.3) is 0 Å². The summed E-state index contributed by atoms with van der Waals surface area (Å²) in [5.74, 6) is 0.0834. The summed E-state index contributed by atoms with van der Waals surface area (Å²) in [4.78, 5) is 21.8. The number of aromatic nitrogens is 2. The minimum Gasteiger partial charge on any atom is -0.361 e. The van der Waals surface area contributed by atoms with Crippen molar-refractivity contribution in [3.8, 4) is 0 Å². The molecule has 4 aromatic rings. The molecule has 2 aromatic carbocycles. The lowest BCUT2D eigenvalue weighted by atomic mass is 9.92. The average Bonchev–Trinajstić information content (AvgIpc) is 3.28. The molecule has 4 N–H and O–H groups in total. The Balaban J connectivity index is 0.00000205. The normalized spacial score (nSPS) is 16.1. The lowest BCUT2D eigenvalue weighted by Gasteiger charge is -2.36. The number of amides is 1. The highest BCUT2D eigenvalue weighted by Crippen LogP contribution is 2.41. The van der Waals surface area contributed by atoms with Gasteiger partial charge in [0.1, 0.15) is 0 Å². The van der Waals surface area contributed by atoms with E-state index in [4.69, 9.17) is 17.3 Å². The van der Waals surface area contributed by atoms with Gasteiger partial charge in [-0.3, -0.25) is 4.79 Å². The Morgan fingerprint density at radius 2 is 2.00 bits per heavy atom. The first-order chi connectivity index (χ1) is 13.7. The molecule has 1 atom stereocenters. The minimum absolute atomic E-state index is 0. The number of hydrogen-bond acceptors (Lipinski definition) is 2. The smallest absolute Gasteiger partial charge is 0.224 e. The molecule has 1 aliphatic heterocycles. The van der Waals surface area contributed by atoms with Crippen LogP contribution in [-0.2, 0) is 11.2 Å². The number of benzene rings is 2. The van der Waals surface area contributed by atoms with Crippen molar-refractivity contribution < 1.29 is 4.79 Å². The number of para-hydroxylation sites is 1. The van der Waals surface area contributed by atoms with Crippen LogP contribution in [0.1, 0.15) is 29.3 Å². The van der Waals surface area contributed by atoms with E-state index in [0.29, 0.717) is 19.5 Å². The largest absolute Gasteiger partial charge is 0.361 e. The van der Waals surface area contributed by atoms with Gasteiger partial charge in [-0.25, -0.2) is 0 Å². The zero-order valence-electron chi connectivity index (χ0n) is 15.7. The minimum atomic E-state index is -0.176. The Bertz CT molecular complexity index is 1200. The number of carbonyl (C=O) groups excluding carboxylic acids is 1. The predicted molar refractivity (Wildman–Crippen MR) is 120 cm³/mol. The maximum Gasteiger partial charge on any atom is 0.224 e. The van der Waals surface area contributed by atoms with E-state index in [-0.39, 0.29) is 24.4 Å². The summed E-state index contributed by atoms with van der Waals surface area (Å²) in [7, 11) is 0. The Morgan fingerprint density at radius 3 is 2.83 bits per heavy atom. The number of carbonyl (C=O) groups is 1. The van der Waals surface area contributed by atoms with Crippen LogP contribution >= 0.6 is 24.0 Å². The molecule has 0 spiro atoms. The monoisotopic (exact) mass is 428 g/mol. The Labute approximate surface area is 179 Å². The molecule has 5 rings (SSSR count). The van der Waals surface area contributed by atoms with Crippen molar-refractivity contribution >= 4 is 51.7 Å². The highest BCUT2D eigenvalue weighted by Gasteiger charge is 2.35. The van der Waals surface area contributed by atoms with Crippen LogP contribution in [0.2, 0.25) is 5.02 Å². The number of nitrogens with zero attached hydrogens (tertiary/aromatic N) is 1. The number of H-pyrrole nitrogens is 2. The molecule has 150 valence electrons. The van der Waals surface area contributed by atoms with Gasteiger partial charge in [-0.15, -0.1) is 12.4 Å². The van der Waals surface area contributed by atoms with Crippen molar-refractivity contribution in [2.45, 2.75) is 18.9 Å². The summed E-state index contributed by atoms with van der Waals surface area (Å²) in [6.45, 7) is 1.01. The van der Waals surface area contributed by atoms with Gasteiger partial charge in [-0.1, -0.05) is 29.8 Å². The average molecular weight is 429 g/mol. The lowest BCUT2D eigenvalue weighted by molar-refractivity contribution is -0.133. The number of halogens is 2. The molecule has 0 radical (unpaired) electrons. The van der Waals surface area contributed by atoms with Gasteiger partial charge >= 0.3 is 0 Å². The summed E-state index contributed by atoms with van der Waals surface area (Å²) < 4.78 is 0. The molecule has 0 aliphatic carbocycles. The third-order valence-electron chi connectivity index (χ3n) is 5.68. The molecule has 0 saturated carbocycles. The first-order valence-corrected chi connectivity index (χ1v) is 9.90. The van der Waals surface area contributed by atoms with Gasteiger partial charge < -0.3 is 20.6 Å².